The Labute approximate surface area is 138 Å². The van der Waals surface area contributed by atoms with Crippen LogP contribution in [-0.4, -0.2) is 31.3 Å². The van der Waals surface area contributed by atoms with Crippen molar-refractivity contribution in [2.75, 3.05) is 5.75 Å². The third kappa shape index (κ3) is 3.38. The first-order chi connectivity index (χ1) is 9.45. The number of halogens is 1. The van der Waals surface area contributed by atoms with Gasteiger partial charge < -0.3 is 0 Å². The van der Waals surface area contributed by atoms with Gasteiger partial charge >= 0.3 is 0 Å². The average molecular weight is 379 g/mol. The Balaban J connectivity index is 2.26. The van der Waals surface area contributed by atoms with Gasteiger partial charge in [-0.25, -0.2) is 0 Å². The molecule has 1 aromatic heterocycles. The molecule has 3 N–H and O–H groups in total. The highest BCUT2D eigenvalue weighted by atomic mass is 79.9. The van der Waals surface area contributed by atoms with E-state index in [9.17, 15) is 0 Å². The van der Waals surface area contributed by atoms with Crippen molar-refractivity contribution in [2.24, 2.45) is 5.84 Å². The van der Waals surface area contributed by atoms with Gasteiger partial charge in [-0.15, -0.1) is 0 Å². The molecule has 1 saturated heterocycles. The second-order valence-corrected chi connectivity index (χ2v) is 9.36. The van der Waals surface area contributed by atoms with Gasteiger partial charge in [0.25, 0.3) is 0 Å². The fraction of sp³-hybridized carbons (Fsp3) is 0.769. The van der Waals surface area contributed by atoms with E-state index in [0.717, 1.165) is 15.9 Å². The maximum Gasteiger partial charge on any atom is 0.0767 e. The molecule has 4 unspecified atom stereocenters. The molecule has 1 aliphatic rings. The second-order valence-electron chi connectivity index (χ2n) is 5.48. The summed E-state index contributed by atoms with van der Waals surface area (Å²) < 4.78 is 3.09. The molecule has 0 amide bonds. The molecule has 0 saturated carbocycles. The lowest BCUT2D eigenvalue weighted by atomic mass is 10.1. The monoisotopic (exact) mass is 378 g/mol. The summed E-state index contributed by atoms with van der Waals surface area (Å²) in [4.78, 5) is 0. The van der Waals surface area contributed by atoms with E-state index in [1.54, 1.807) is 0 Å². The minimum Gasteiger partial charge on any atom is -0.271 e. The molecule has 0 radical (unpaired) electrons. The zero-order valence-electron chi connectivity index (χ0n) is 12.3. The van der Waals surface area contributed by atoms with Crippen LogP contribution in [0.3, 0.4) is 0 Å². The first-order valence-electron chi connectivity index (χ1n) is 6.91. The third-order valence-corrected chi connectivity index (χ3v) is 7.80. The van der Waals surface area contributed by atoms with Gasteiger partial charge in [-0.1, -0.05) is 13.8 Å². The quantitative estimate of drug-likeness (QED) is 0.621. The van der Waals surface area contributed by atoms with Gasteiger partial charge in [0.2, 0.25) is 0 Å². The zero-order valence-corrected chi connectivity index (χ0v) is 15.6. The summed E-state index contributed by atoms with van der Waals surface area (Å²) in [6.07, 6.45) is 1.87. The van der Waals surface area contributed by atoms with Gasteiger partial charge in [-0.2, -0.15) is 28.6 Å². The molecule has 1 fully saturated rings. The van der Waals surface area contributed by atoms with Gasteiger partial charge in [0.15, 0.2) is 0 Å². The Morgan fingerprint density at radius 2 is 2.15 bits per heavy atom. The molecule has 4 nitrogen and oxygen atoms in total. The summed E-state index contributed by atoms with van der Waals surface area (Å²) in [6.45, 7) is 8.89. The number of hydrogen-bond donors (Lipinski definition) is 2. The molecule has 0 aromatic carbocycles. The lowest BCUT2D eigenvalue weighted by Gasteiger charge is -2.36. The number of aromatic nitrogens is 2. The maximum absolute atomic E-state index is 5.88. The first-order valence-corrected chi connectivity index (χ1v) is 9.70. The van der Waals surface area contributed by atoms with Crippen molar-refractivity contribution in [3.8, 4) is 0 Å². The predicted molar refractivity (Wildman–Crippen MR) is 93.1 cm³/mol. The molecule has 2 rings (SSSR count). The standard InChI is InChI=1S/C13H23BrN4S2/c1-7(2)18-13(10(14)5-16-18)12(17-15)11-6-19-8(3)9(4)20-11/h5,7-9,11-12,17H,6,15H2,1-4H3. The lowest BCUT2D eigenvalue weighted by Crippen LogP contribution is -2.41. The molecule has 7 heteroatoms. The van der Waals surface area contributed by atoms with Gasteiger partial charge in [0.05, 0.1) is 22.4 Å². The van der Waals surface area contributed by atoms with Crippen LogP contribution in [0.2, 0.25) is 0 Å². The number of hydrazine groups is 1. The maximum atomic E-state index is 5.88. The van der Waals surface area contributed by atoms with Crippen LogP contribution in [0, 0.1) is 0 Å². The number of nitrogens with zero attached hydrogens (tertiary/aromatic N) is 2. The number of thioether (sulfide) groups is 2. The Morgan fingerprint density at radius 1 is 1.45 bits per heavy atom. The van der Waals surface area contributed by atoms with E-state index in [1.807, 2.05) is 29.7 Å². The minimum absolute atomic E-state index is 0.113. The van der Waals surface area contributed by atoms with Crippen molar-refractivity contribution < 1.29 is 0 Å². The van der Waals surface area contributed by atoms with Crippen LogP contribution in [0.25, 0.3) is 0 Å². The van der Waals surface area contributed by atoms with Crippen molar-refractivity contribution in [3.05, 3.63) is 16.4 Å². The topological polar surface area (TPSA) is 55.9 Å². The molecule has 1 aromatic rings. The Kier molecular flexibility index (Phi) is 5.88. The van der Waals surface area contributed by atoms with E-state index in [-0.39, 0.29) is 6.04 Å². The smallest absolute Gasteiger partial charge is 0.0767 e. The SMILES string of the molecule is CC1SCC(C(NN)c2c(Br)cnn2C(C)C)SC1C. The number of hydrogen-bond acceptors (Lipinski definition) is 5. The Bertz CT molecular complexity index is 452. The summed E-state index contributed by atoms with van der Waals surface area (Å²) in [6, 6.07) is 0.437. The predicted octanol–water partition coefficient (Wildman–Crippen LogP) is 3.36. The fourth-order valence-corrected chi connectivity index (χ4v) is 5.99. The number of nitrogens with two attached hydrogens (primary N) is 1. The highest BCUT2D eigenvalue weighted by molar-refractivity contribution is 9.10. The Morgan fingerprint density at radius 3 is 2.70 bits per heavy atom. The summed E-state index contributed by atoms with van der Waals surface area (Å²) in [5, 5.41) is 6.28. The van der Waals surface area contributed by atoms with Crippen LogP contribution in [-0.2, 0) is 0 Å². The first kappa shape index (κ1) is 16.7. The van der Waals surface area contributed by atoms with Crippen molar-refractivity contribution >= 4 is 39.5 Å². The molecule has 0 aliphatic carbocycles. The van der Waals surface area contributed by atoms with Crippen LogP contribution < -0.4 is 11.3 Å². The van der Waals surface area contributed by atoms with E-state index in [1.165, 1.54) is 0 Å². The molecule has 2 heterocycles. The number of nitrogens with one attached hydrogen (secondary N) is 1. The molecule has 0 spiro atoms. The molecular formula is C13H23BrN4S2. The van der Waals surface area contributed by atoms with Gasteiger partial charge in [0.1, 0.15) is 0 Å². The molecular weight excluding hydrogens is 356 g/mol. The molecule has 114 valence electrons. The minimum atomic E-state index is 0.113. The average Bonchev–Trinajstić information content (AvgIpc) is 2.77. The summed E-state index contributed by atoms with van der Waals surface area (Å²) in [5.41, 5.74) is 4.18. The van der Waals surface area contributed by atoms with E-state index >= 15 is 0 Å². The molecule has 4 atom stereocenters. The highest BCUT2D eigenvalue weighted by Gasteiger charge is 2.34. The van der Waals surface area contributed by atoms with Crippen molar-refractivity contribution in [1.29, 1.82) is 0 Å². The molecule has 0 bridgehead atoms. The largest absolute Gasteiger partial charge is 0.271 e. The van der Waals surface area contributed by atoms with Crippen LogP contribution in [0.5, 0.6) is 0 Å². The third-order valence-electron chi connectivity index (χ3n) is 3.70. The summed E-state index contributed by atoms with van der Waals surface area (Å²) >= 11 is 7.69. The van der Waals surface area contributed by atoms with Gasteiger partial charge in [-0.05, 0) is 29.8 Å². The summed E-state index contributed by atoms with van der Waals surface area (Å²) in [7, 11) is 0. The number of rotatable bonds is 4. The van der Waals surface area contributed by atoms with Crippen molar-refractivity contribution in [3.63, 3.8) is 0 Å². The molecule has 1 aliphatic heterocycles. The van der Waals surface area contributed by atoms with Crippen molar-refractivity contribution in [1.82, 2.24) is 15.2 Å². The van der Waals surface area contributed by atoms with E-state index in [0.29, 0.717) is 21.8 Å². The van der Waals surface area contributed by atoms with E-state index < -0.39 is 0 Å². The normalized spacial score (nSPS) is 28.9. The highest BCUT2D eigenvalue weighted by Crippen LogP contribution is 2.42. The fourth-order valence-electron chi connectivity index (χ4n) is 2.40. The van der Waals surface area contributed by atoms with Crippen molar-refractivity contribution in [2.45, 2.75) is 55.5 Å². The lowest BCUT2D eigenvalue weighted by molar-refractivity contribution is 0.446. The Hall–Kier alpha value is 0.310. The van der Waals surface area contributed by atoms with E-state index in [4.69, 9.17) is 5.84 Å². The van der Waals surface area contributed by atoms with Crippen LogP contribution >= 0.6 is 39.5 Å². The zero-order chi connectivity index (χ0) is 14.9. The summed E-state index contributed by atoms with van der Waals surface area (Å²) in [5.74, 6) is 6.99. The van der Waals surface area contributed by atoms with E-state index in [2.05, 4.69) is 58.8 Å². The van der Waals surface area contributed by atoms with Gasteiger partial charge in [0, 0.05) is 27.5 Å². The second kappa shape index (κ2) is 7.05. The van der Waals surface area contributed by atoms with Crippen LogP contribution in [0.1, 0.15) is 45.5 Å². The molecule has 20 heavy (non-hydrogen) atoms. The van der Waals surface area contributed by atoms with Crippen LogP contribution in [0.4, 0.5) is 0 Å². The van der Waals surface area contributed by atoms with Crippen LogP contribution in [0.15, 0.2) is 10.7 Å². The van der Waals surface area contributed by atoms with Gasteiger partial charge in [-0.3, -0.25) is 16.0 Å².